The van der Waals surface area contributed by atoms with Gasteiger partial charge in [0.25, 0.3) is 0 Å². The Hall–Kier alpha value is -1.51. The Balaban J connectivity index is 0.00000392. The molecule has 1 aliphatic heterocycles. The number of piperidine rings is 1. The average molecular weight is 502 g/mol. The summed E-state index contributed by atoms with van der Waals surface area (Å²) in [6.07, 6.45) is 2.67. The van der Waals surface area contributed by atoms with E-state index in [-0.39, 0.29) is 35.9 Å². The van der Waals surface area contributed by atoms with Crippen LogP contribution in [0.15, 0.2) is 35.3 Å². The minimum atomic E-state index is -0.0860. The van der Waals surface area contributed by atoms with Crippen LogP contribution in [0, 0.1) is 5.92 Å². The van der Waals surface area contributed by atoms with Gasteiger partial charge in [-0.3, -0.25) is 9.79 Å². The second-order valence-corrected chi connectivity index (χ2v) is 6.79. The molecule has 1 heterocycles. The molecule has 0 bridgehead atoms. The summed E-state index contributed by atoms with van der Waals surface area (Å²) in [5.41, 5.74) is 1.26. The van der Waals surface area contributed by atoms with Crippen molar-refractivity contribution < 1.29 is 9.53 Å². The number of carbonyl (C=O) groups excluding carboxylic acids is 1. The molecule has 158 valence electrons. The molecule has 6 nitrogen and oxygen atoms in total. The Bertz CT molecular complexity index is 589. The van der Waals surface area contributed by atoms with E-state index in [1.807, 2.05) is 6.07 Å². The lowest BCUT2D eigenvalue weighted by Gasteiger charge is -2.33. The third-order valence-corrected chi connectivity index (χ3v) is 5.01. The van der Waals surface area contributed by atoms with Crippen molar-refractivity contribution in [1.82, 2.24) is 10.2 Å². The summed E-state index contributed by atoms with van der Waals surface area (Å²) in [6, 6.07) is 10.5. The van der Waals surface area contributed by atoms with Crippen molar-refractivity contribution in [2.45, 2.75) is 33.1 Å². The van der Waals surface area contributed by atoms with Crippen LogP contribution in [0.4, 0.5) is 5.69 Å². The van der Waals surface area contributed by atoms with E-state index >= 15 is 0 Å². The molecule has 0 saturated carbocycles. The summed E-state index contributed by atoms with van der Waals surface area (Å²) in [5, 5.41) is 3.39. The highest BCUT2D eigenvalue weighted by Gasteiger charge is 2.26. The molecule has 28 heavy (non-hydrogen) atoms. The molecule has 0 unspecified atom stereocenters. The summed E-state index contributed by atoms with van der Waals surface area (Å²) < 4.78 is 4.87. The lowest BCUT2D eigenvalue weighted by Crippen LogP contribution is -2.46. The highest BCUT2D eigenvalue weighted by atomic mass is 127. The van der Waals surface area contributed by atoms with Gasteiger partial charge in [0.05, 0.1) is 13.0 Å². The summed E-state index contributed by atoms with van der Waals surface area (Å²) in [4.78, 5) is 21.2. The molecule has 0 atom stereocenters. The number of guanidine groups is 1. The molecule has 7 heteroatoms. The van der Waals surface area contributed by atoms with Crippen molar-refractivity contribution in [3.05, 3.63) is 30.3 Å². The number of hydrogen-bond acceptors (Lipinski definition) is 4. The normalized spacial score (nSPS) is 15.0. The molecule has 0 aromatic heterocycles. The standard InChI is InChI=1S/C21H34N4O2.HI/c1-4-22-21(25-16-12-18(13-17-25)20(26)27-3)23-14-9-15-24(5-2)19-10-7-6-8-11-19;/h6-8,10-11,18H,4-5,9,12-17H2,1-3H3,(H,22,23);1H. The van der Waals surface area contributed by atoms with Crippen LogP contribution in [0.25, 0.3) is 0 Å². The van der Waals surface area contributed by atoms with E-state index in [0.29, 0.717) is 0 Å². The number of hydrogen-bond donors (Lipinski definition) is 1. The SMILES string of the molecule is CCNC(=NCCCN(CC)c1ccccc1)N1CCC(C(=O)OC)CC1.I. The maximum absolute atomic E-state index is 11.7. The quantitative estimate of drug-likeness (QED) is 0.194. The molecule has 1 aliphatic rings. The molecule has 0 spiro atoms. The molecular formula is C21H35IN4O2. The van der Waals surface area contributed by atoms with Crippen molar-refractivity contribution in [1.29, 1.82) is 0 Å². The second-order valence-electron chi connectivity index (χ2n) is 6.79. The number of benzene rings is 1. The van der Waals surface area contributed by atoms with Gasteiger partial charge in [-0.15, -0.1) is 24.0 Å². The van der Waals surface area contributed by atoms with Crippen LogP contribution in [0.5, 0.6) is 0 Å². The number of carbonyl (C=O) groups is 1. The van der Waals surface area contributed by atoms with Gasteiger partial charge in [0, 0.05) is 45.0 Å². The lowest BCUT2D eigenvalue weighted by molar-refractivity contribution is -0.146. The number of methoxy groups -OCH3 is 1. The number of nitrogens with one attached hydrogen (secondary N) is 1. The number of para-hydroxylation sites is 1. The number of ether oxygens (including phenoxy) is 1. The Labute approximate surface area is 186 Å². The number of aliphatic imine (C=N–C) groups is 1. The zero-order valence-electron chi connectivity index (χ0n) is 17.4. The first-order chi connectivity index (χ1) is 13.2. The summed E-state index contributed by atoms with van der Waals surface area (Å²) in [6.45, 7) is 9.59. The van der Waals surface area contributed by atoms with E-state index in [9.17, 15) is 4.79 Å². The molecule has 1 N–H and O–H groups in total. The van der Waals surface area contributed by atoms with Crippen molar-refractivity contribution in [3.63, 3.8) is 0 Å². The zero-order chi connectivity index (χ0) is 19.5. The first kappa shape index (κ1) is 24.5. The van der Waals surface area contributed by atoms with Gasteiger partial charge in [0.15, 0.2) is 5.96 Å². The summed E-state index contributed by atoms with van der Waals surface area (Å²) >= 11 is 0. The van der Waals surface area contributed by atoms with Crippen LogP contribution in [0.3, 0.4) is 0 Å². The van der Waals surface area contributed by atoms with E-state index in [1.165, 1.54) is 12.8 Å². The topological polar surface area (TPSA) is 57.2 Å². The maximum atomic E-state index is 11.7. The van der Waals surface area contributed by atoms with Gasteiger partial charge in [-0.1, -0.05) is 18.2 Å². The van der Waals surface area contributed by atoms with E-state index in [0.717, 1.165) is 64.5 Å². The van der Waals surface area contributed by atoms with Gasteiger partial charge in [0.2, 0.25) is 0 Å². The second kappa shape index (κ2) is 13.6. The van der Waals surface area contributed by atoms with Gasteiger partial charge in [-0.2, -0.15) is 0 Å². The fraction of sp³-hybridized carbons (Fsp3) is 0.619. The highest BCUT2D eigenvalue weighted by molar-refractivity contribution is 14.0. The van der Waals surface area contributed by atoms with Gasteiger partial charge < -0.3 is 19.9 Å². The molecule has 0 aliphatic carbocycles. The van der Waals surface area contributed by atoms with E-state index in [4.69, 9.17) is 9.73 Å². The number of rotatable bonds is 8. The minimum Gasteiger partial charge on any atom is -0.469 e. The van der Waals surface area contributed by atoms with E-state index < -0.39 is 0 Å². The molecular weight excluding hydrogens is 467 g/mol. The van der Waals surface area contributed by atoms with Crippen molar-refractivity contribution in [3.8, 4) is 0 Å². The molecule has 1 aromatic rings. The van der Waals surface area contributed by atoms with Crippen molar-refractivity contribution in [2.24, 2.45) is 10.9 Å². The molecule has 1 aromatic carbocycles. The fourth-order valence-electron chi connectivity index (χ4n) is 3.47. The van der Waals surface area contributed by atoms with Crippen molar-refractivity contribution >= 4 is 41.6 Å². The largest absolute Gasteiger partial charge is 0.469 e. The average Bonchev–Trinajstić information content (AvgIpc) is 2.73. The van der Waals surface area contributed by atoms with E-state index in [2.05, 4.69) is 53.2 Å². The smallest absolute Gasteiger partial charge is 0.308 e. The van der Waals surface area contributed by atoms with Crippen LogP contribution < -0.4 is 10.2 Å². The summed E-state index contributed by atoms with van der Waals surface area (Å²) in [7, 11) is 1.47. The number of anilines is 1. The number of nitrogens with zero attached hydrogens (tertiary/aromatic N) is 3. The minimum absolute atomic E-state index is 0. The number of likely N-dealkylation sites (tertiary alicyclic amines) is 1. The first-order valence-electron chi connectivity index (χ1n) is 10.1. The predicted molar refractivity (Wildman–Crippen MR) is 127 cm³/mol. The van der Waals surface area contributed by atoms with Gasteiger partial charge >= 0.3 is 5.97 Å². The summed E-state index contributed by atoms with van der Waals surface area (Å²) in [5.74, 6) is 0.902. The van der Waals surface area contributed by atoms with Crippen LogP contribution in [-0.4, -0.2) is 63.2 Å². The predicted octanol–water partition coefficient (Wildman–Crippen LogP) is 3.37. The molecule has 2 rings (SSSR count). The Morgan fingerprint density at radius 1 is 1.25 bits per heavy atom. The fourth-order valence-corrected chi connectivity index (χ4v) is 3.47. The third-order valence-electron chi connectivity index (χ3n) is 5.01. The molecule has 0 amide bonds. The lowest BCUT2D eigenvalue weighted by atomic mass is 9.97. The maximum Gasteiger partial charge on any atom is 0.308 e. The third kappa shape index (κ3) is 7.48. The zero-order valence-corrected chi connectivity index (χ0v) is 19.7. The van der Waals surface area contributed by atoms with Crippen LogP contribution in [0.2, 0.25) is 0 Å². The molecule has 1 fully saturated rings. The van der Waals surface area contributed by atoms with Gasteiger partial charge in [-0.05, 0) is 45.2 Å². The van der Waals surface area contributed by atoms with Crippen LogP contribution in [0.1, 0.15) is 33.1 Å². The van der Waals surface area contributed by atoms with Gasteiger partial charge in [0.1, 0.15) is 0 Å². The monoisotopic (exact) mass is 502 g/mol. The Kier molecular flexibility index (Phi) is 11.9. The van der Waals surface area contributed by atoms with Crippen molar-refractivity contribution in [2.75, 3.05) is 51.3 Å². The van der Waals surface area contributed by atoms with Crippen LogP contribution in [-0.2, 0) is 9.53 Å². The Morgan fingerprint density at radius 3 is 2.50 bits per heavy atom. The van der Waals surface area contributed by atoms with Crippen LogP contribution >= 0.6 is 24.0 Å². The number of halogens is 1. The molecule has 0 radical (unpaired) electrons. The van der Waals surface area contributed by atoms with E-state index in [1.54, 1.807) is 0 Å². The Morgan fingerprint density at radius 2 is 1.93 bits per heavy atom. The highest BCUT2D eigenvalue weighted by Crippen LogP contribution is 2.18. The van der Waals surface area contributed by atoms with Gasteiger partial charge in [-0.25, -0.2) is 0 Å². The molecule has 1 saturated heterocycles. The first-order valence-corrected chi connectivity index (χ1v) is 10.1. The number of esters is 1.